The van der Waals surface area contributed by atoms with Crippen LogP contribution in [-0.4, -0.2) is 44.0 Å². The molecule has 1 rings (SSSR count). The summed E-state index contributed by atoms with van der Waals surface area (Å²) in [5.74, 6) is -0.143. The minimum atomic E-state index is -0.121. The van der Waals surface area contributed by atoms with Gasteiger partial charge in [0.05, 0.1) is 19.6 Å². The number of rotatable bonds is 5. The van der Waals surface area contributed by atoms with E-state index in [-0.39, 0.29) is 24.4 Å². The standard InChI is InChI=1S/C13H25N3O2/c1-11(2)15-12(17)9-14-13(18)10-16-7-5-3-4-6-8-16/h11H,3-10H2,1-2H3,(H,14,18)(H,15,17)/p+1. The maximum Gasteiger partial charge on any atom is 0.275 e. The van der Waals surface area contributed by atoms with Gasteiger partial charge in [0.25, 0.3) is 5.91 Å². The van der Waals surface area contributed by atoms with Crippen molar-refractivity contribution in [2.75, 3.05) is 26.2 Å². The average molecular weight is 256 g/mol. The van der Waals surface area contributed by atoms with Gasteiger partial charge in [-0.3, -0.25) is 9.59 Å². The first kappa shape index (κ1) is 15.0. The molecule has 0 spiro atoms. The summed E-state index contributed by atoms with van der Waals surface area (Å²) in [4.78, 5) is 24.4. The van der Waals surface area contributed by atoms with E-state index in [4.69, 9.17) is 0 Å². The molecule has 1 aliphatic rings. The second-order valence-corrected chi connectivity index (χ2v) is 5.34. The molecule has 3 N–H and O–H groups in total. The molecule has 1 heterocycles. The summed E-state index contributed by atoms with van der Waals surface area (Å²) in [6, 6.07) is 0.116. The van der Waals surface area contributed by atoms with Crippen LogP contribution in [0.4, 0.5) is 0 Å². The maximum atomic E-state index is 11.7. The summed E-state index contributed by atoms with van der Waals surface area (Å²) < 4.78 is 0. The van der Waals surface area contributed by atoms with Gasteiger partial charge < -0.3 is 15.5 Å². The monoisotopic (exact) mass is 256 g/mol. The zero-order chi connectivity index (χ0) is 13.4. The Morgan fingerprint density at radius 3 is 2.22 bits per heavy atom. The molecular formula is C13H26N3O2+. The summed E-state index contributed by atoms with van der Waals surface area (Å²) in [6.45, 7) is 6.54. The van der Waals surface area contributed by atoms with E-state index in [0.29, 0.717) is 6.54 Å². The van der Waals surface area contributed by atoms with Crippen molar-refractivity contribution in [2.24, 2.45) is 0 Å². The van der Waals surface area contributed by atoms with Gasteiger partial charge in [-0.1, -0.05) is 0 Å². The van der Waals surface area contributed by atoms with E-state index in [9.17, 15) is 9.59 Å². The molecule has 0 aromatic heterocycles. The lowest BCUT2D eigenvalue weighted by atomic mass is 10.2. The number of carbonyl (C=O) groups is 2. The highest BCUT2D eigenvalue weighted by Gasteiger charge is 2.16. The van der Waals surface area contributed by atoms with Crippen LogP contribution in [0.5, 0.6) is 0 Å². The third-order valence-electron chi connectivity index (χ3n) is 3.12. The SMILES string of the molecule is CC(C)NC(=O)CNC(=O)C[NH+]1CCCCCC1. The van der Waals surface area contributed by atoms with Gasteiger partial charge in [0.15, 0.2) is 6.54 Å². The van der Waals surface area contributed by atoms with E-state index >= 15 is 0 Å². The van der Waals surface area contributed by atoms with E-state index in [1.807, 2.05) is 13.8 Å². The van der Waals surface area contributed by atoms with Crippen molar-refractivity contribution in [1.82, 2.24) is 10.6 Å². The summed E-state index contributed by atoms with van der Waals surface area (Å²) in [5, 5.41) is 5.43. The van der Waals surface area contributed by atoms with Crippen LogP contribution in [0, 0.1) is 0 Å². The molecule has 5 heteroatoms. The van der Waals surface area contributed by atoms with E-state index < -0.39 is 0 Å². The van der Waals surface area contributed by atoms with Crippen molar-refractivity contribution in [2.45, 2.75) is 45.6 Å². The topological polar surface area (TPSA) is 62.6 Å². The third-order valence-corrected chi connectivity index (χ3v) is 3.12. The predicted octanol–water partition coefficient (Wildman–Crippen LogP) is -0.914. The molecule has 5 nitrogen and oxygen atoms in total. The number of nitrogens with one attached hydrogen (secondary N) is 3. The van der Waals surface area contributed by atoms with E-state index in [2.05, 4.69) is 10.6 Å². The van der Waals surface area contributed by atoms with Crippen molar-refractivity contribution in [3.63, 3.8) is 0 Å². The second-order valence-electron chi connectivity index (χ2n) is 5.34. The van der Waals surface area contributed by atoms with Gasteiger partial charge in [-0.05, 0) is 39.5 Å². The Bertz CT molecular complexity index is 271. The molecule has 0 bridgehead atoms. The quantitative estimate of drug-likeness (QED) is 0.596. The minimum absolute atomic E-state index is 0.0224. The molecule has 18 heavy (non-hydrogen) atoms. The van der Waals surface area contributed by atoms with Crippen molar-refractivity contribution < 1.29 is 14.5 Å². The summed E-state index contributed by atoms with van der Waals surface area (Å²) in [5.41, 5.74) is 0. The molecule has 0 radical (unpaired) electrons. The number of hydrogen-bond acceptors (Lipinski definition) is 2. The molecular weight excluding hydrogens is 230 g/mol. The first-order valence-corrected chi connectivity index (χ1v) is 6.97. The van der Waals surface area contributed by atoms with E-state index in [0.717, 1.165) is 13.1 Å². The Balaban J connectivity index is 2.18. The molecule has 0 aromatic rings. The molecule has 0 atom stereocenters. The van der Waals surface area contributed by atoms with Crippen LogP contribution in [0.15, 0.2) is 0 Å². The lowest BCUT2D eigenvalue weighted by molar-refractivity contribution is -0.891. The van der Waals surface area contributed by atoms with Crippen LogP contribution in [0.25, 0.3) is 0 Å². The van der Waals surface area contributed by atoms with Gasteiger partial charge >= 0.3 is 0 Å². The van der Waals surface area contributed by atoms with Gasteiger partial charge in [0.1, 0.15) is 0 Å². The van der Waals surface area contributed by atoms with Gasteiger partial charge in [0.2, 0.25) is 5.91 Å². The number of quaternary nitrogens is 1. The summed E-state index contributed by atoms with van der Waals surface area (Å²) >= 11 is 0. The molecule has 0 unspecified atom stereocenters. The van der Waals surface area contributed by atoms with Crippen molar-refractivity contribution in [3.8, 4) is 0 Å². The van der Waals surface area contributed by atoms with Gasteiger partial charge in [-0.2, -0.15) is 0 Å². The van der Waals surface area contributed by atoms with Gasteiger partial charge in [-0.15, -0.1) is 0 Å². The third kappa shape index (κ3) is 6.59. The predicted molar refractivity (Wildman–Crippen MR) is 70.3 cm³/mol. The van der Waals surface area contributed by atoms with Crippen molar-refractivity contribution in [1.29, 1.82) is 0 Å². The summed E-state index contributed by atoms with van der Waals surface area (Å²) in [7, 11) is 0. The van der Waals surface area contributed by atoms with Crippen LogP contribution in [-0.2, 0) is 9.59 Å². The minimum Gasteiger partial charge on any atom is -0.352 e. The average Bonchev–Trinajstić information content (AvgIpc) is 2.54. The Morgan fingerprint density at radius 2 is 1.67 bits per heavy atom. The lowest BCUT2D eigenvalue weighted by Gasteiger charge is -2.16. The van der Waals surface area contributed by atoms with Crippen LogP contribution in [0.2, 0.25) is 0 Å². The highest BCUT2D eigenvalue weighted by atomic mass is 16.2. The Hall–Kier alpha value is -1.10. The molecule has 104 valence electrons. The number of amides is 2. The van der Waals surface area contributed by atoms with Crippen LogP contribution in [0.3, 0.4) is 0 Å². The molecule has 1 saturated heterocycles. The zero-order valence-corrected chi connectivity index (χ0v) is 11.6. The van der Waals surface area contributed by atoms with Crippen molar-refractivity contribution in [3.05, 3.63) is 0 Å². The van der Waals surface area contributed by atoms with Gasteiger partial charge in [-0.25, -0.2) is 0 Å². The van der Waals surface area contributed by atoms with Crippen LogP contribution in [0.1, 0.15) is 39.5 Å². The van der Waals surface area contributed by atoms with Crippen molar-refractivity contribution >= 4 is 11.8 Å². The normalized spacial score (nSPS) is 17.3. The first-order valence-electron chi connectivity index (χ1n) is 6.97. The number of carbonyl (C=O) groups excluding carboxylic acids is 2. The molecule has 1 aliphatic heterocycles. The Kier molecular flexibility index (Phi) is 6.72. The van der Waals surface area contributed by atoms with Crippen LogP contribution >= 0.6 is 0 Å². The fraction of sp³-hybridized carbons (Fsp3) is 0.846. The molecule has 0 aliphatic carbocycles. The second kappa shape index (κ2) is 8.08. The highest BCUT2D eigenvalue weighted by Crippen LogP contribution is 1.98. The highest BCUT2D eigenvalue weighted by molar-refractivity contribution is 5.85. The van der Waals surface area contributed by atoms with Gasteiger partial charge in [0, 0.05) is 6.04 Å². The maximum absolute atomic E-state index is 11.7. The molecule has 0 aromatic carbocycles. The first-order chi connectivity index (χ1) is 8.58. The smallest absolute Gasteiger partial charge is 0.275 e. The molecule has 2 amide bonds. The molecule has 1 fully saturated rings. The fourth-order valence-electron chi connectivity index (χ4n) is 2.25. The number of likely N-dealkylation sites (tertiary alicyclic amines) is 1. The number of hydrogen-bond donors (Lipinski definition) is 3. The Labute approximate surface area is 109 Å². The van der Waals surface area contributed by atoms with E-state index in [1.54, 1.807) is 0 Å². The van der Waals surface area contributed by atoms with Crippen LogP contribution < -0.4 is 15.5 Å². The Morgan fingerprint density at radius 1 is 1.06 bits per heavy atom. The fourth-order valence-corrected chi connectivity index (χ4v) is 2.25. The zero-order valence-electron chi connectivity index (χ0n) is 11.6. The summed E-state index contributed by atoms with van der Waals surface area (Å²) in [6.07, 6.45) is 4.97. The van der Waals surface area contributed by atoms with E-state index in [1.165, 1.54) is 30.6 Å². The largest absolute Gasteiger partial charge is 0.352 e. The molecule has 0 saturated carbocycles. The lowest BCUT2D eigenvalue weighted by Crippen LogP contribution is -3.13.